The number of nitrogens with one attached hydrogen (secondary N) is 1. The summed E-state index contributed by atoms with van der Waals surface area (Å²) in [5.74, 6) is 2.77. The van der Waals surface area contributed by atoms with Gasteiger partial charge in [0.2, 0.25) is 0 Å². The van der Waals surface area contributed by atoms with Crippen molar-refractivity contribution in [3.63, 3.8) is 0 Å². The molecule has 1 aliphatic heterocycles. The van der Waals surface area contributed by atoms with E-state index in [0.29, 0.717) is 16.7 Å². The van der Waals surface area contributed by atoms with Gasteiger partial charge in [-0.15, -0.1) is 18.2 Å². The fourth-order valence-corrected chi connectivity index (χ4v) is 5.03. The van der Waals surface area contributed by atoms with Crippen LogP contribution in [0.25, 0.3) is 5.70 Å². The molecule has 0 radical (unpaired) electrons. The molecular weight excluding hydrogens is 366 g/mol. The molecule has 0 aromatic heterocycles. The first-order valence-corrected chi connectivity index (χ1v) is 9.75. The van der Waals surface area contributed by atoms with Crippen LogP contribution in [0, 0.1) is 12.3 Å². The molecule has 3 aromatic rings. The summed E-state index contributed by atoms with van der Waals surface area (Å²) >= 11 is 1.61. The maximum absolute atomic E-state index is 13.4. The number of phenols is 1. The maximum atomic E-state index is 13.4. The van der Waals surface area contributed by atoms with E-state index in [9.17, 15) is 9.90 Å². The van der Waals surface area contributed by atoms with Crippen LogP contribution < -0.4 is 5.32 Å². The third-order valence-electron chi connectivity index (χ3n) is 5.04. The number of anilines is 1. The summed E-state index contributed by atoms with van der Waals surface area (Å²) in [6.45, 7) is 0. The zero-order chi connectivity index (χ0) is 19.3. The molecule has 1 unspecified atom stereocenters. The van der Waals surface area contributed by atoms with Crippen molar-refractivity contribution in [3.8, 4) is 18.1 Å². The third-order valence-corrected chi connectivity index (χ3v) is 6.39. The largest absolute Gasteiger partial charge is 0.508 e. The standard InChI is InChI=1S/C24H15NO2S/c1-2-14-10-11-17-18(12-14)23(27)21-22(17)25-19-8-3-4-9-20(19)28-24(21)15-6-5-7-16(26)13-15/h1,3-13,24-26H. The minimum absolute atomic E-state index is 0.0248. The number of rotatable bonds is 1. The molecule has 5 rings (SSSR count). The molecular formula is C24H15NO2S. The lowest BCUT2D eigenvalue weighted by atomic mass is 10.00. The van der Waals surface area contributed by atoms with Crippen LogP contribution in [0.5, 0.6) is 5.75 Å². The van der Waals surface area contributed by atoms with Crippen molar-refractivity contribution >= 4 is 28.9 Å². The number of phenolic OH excluding ortho intramolecular Hbond substituents is 1. The number of hydrogen-bond donors (Lipinski definition) is 2. The Bertz CT molecular complexity index is 1220. The van der Waals surface area contributed by atoms with Crippen molar-refractivity contribution in [1.82, 2.24) is 0 Å². The molecule has 3 nitrogen and oxygen atoms in total. The van der Waals surface area contributed by atoms with Crippen LogP contribution in [-0.4, -0.2) is 10.9 Å². The van der Waals surface area contributed by atoms with Gasteiger partial charge in [0.1, 0.15) is 5.75 Å². The van der Waals surface area contributed by atoms with E-state index in [0.717, 1.165) is 27.4 Å². The van der Waals surface area contributed by atoms with E-state index < -0.39 is 0 Å². The van der Waals surface area contributed by atoms with Crippen LogP contribution >= 0.6 is 11.8 Å². The first kappa shape index (κ1) is 16.7. The Balaban J connectivity index is 1.75. The van der Waals surface area contributed by atoms with Crippen molar-refractivity contribution in [2.45, 2.75) is 10.1 Å². The fourth-order valence-electron chi connectivity index (χ4n) is 3.74. The van der Waals surface area contributed by atoms with Crippen LogP contribution in [-0.2, 0) is 0 Å². The summed E-state index contributed by atoms with van der Waals surface area (Å²) in [5.41, 5.74) is 5.52. The molecule has 0 spiro atoms. The summed E-state index contributed by atoms with van der Waals surface area (Å²) in [6.07, 6.45) is 5.54. The van der Waals surface area contributed by atoms with Crippen LogP contribution in [0.4, 0.5) is 5.69 Å². The van der Waals surface area contributed by atoms with E-state index in [1.54, 1.807) is 36.0 Å². The fraction of sp³-hybridized carbons (Fsp3) is 0.0417. The van der Waals surface area contributed by atoms with Gasteiger partial charge in [-0.05, 0) is 42.0 Å². The SMILES string of the molecule is C#Cc1ccc2c(c1)C(=O)C1=C2Nc2ccccc2SC1c1cccc(O)c1. The monoisotopic (exact) mass is 381 g/mol. The van der Waals surface area contributed by atoms with Crippen molar-refractivity contribution in [2.24, 2.45) is 0 Å². The van der Waals surface area contributed by atoms with Crippen molar-refractivity contribution < 1.29 is 9.90 Å². The molecule has 2 aliphatic rings. The van der Waals surface area contributed by atoms with Gasteiger partial charge in [0, 0.05) is 27.2 Å². The van der Waals surface area contributed by atoms with Gasteiger partial charge in [-0.3, -0.25) is 4.79 Å². The summed E-state index contributed by atoms with van der Waals surface area (Å²) in [4.78, 5) is 14.5. The number of hydrogen-bond acceptors (Lipinski definition) is 4. The number of Topliss-reactive ketones (excluding diaryl/α,β-unsaturated/α-hetero) is 1. The van der Waals surface area contributed by atoms with Gasteiger partial charge >= 0.3 is 0 Å². The molecule has 0 saturated carbocycles. The first-order chi connectivity index (χ1) is 13.7. The molecule has 1 heterocycles. The summed E-state index contributed by atoms with van der Waals surface area (Å²) in [6, 6.07) is 20.7. The maximum Gasteiger partial charge on any atom is 0.193 e. The molecule has 0 amide bonds. The minimum Gasteiger partial charge on any atom is -0.508 e. The average Bonchev–Trinajstić information content (AvgIpc) is 2.87. The van der Waals surface area contributed by atoms with Gasteiger partial charge in [0.25, 0.3) is 0 Å². The lowest BCUT2D eigenvalue weighted by molar-refractivity contribution is 0.103. The zero-order valence-electron chi connectivity index (χ0n) is 14.8. The Hall–Kier alpha value is -3.42. The number of ketones is 1. The zero-order valence-corrected chi connectivity index (χ0v) is 15.6. The molecule has 1 atom stereocenters. The third kappa shape index (κ3) is 2.52. The van der Waals surface area contributed by atoms with E-state index in [-0.39, 0.29) is 16.8 Å². The van der Waals surface area contributed by atoms with Crippen LogP contribution in [0.3, 0.4) is 0 Å². The van der Waals surface area contributed by atoms with Gasteiger partial charge in [-0.25, -0.2) is 0 Å². The Morgan fingerprint density at radius 1 is 1.00 bits per heavy atom. The average molecular weight is 381 g/mol. The van der Waals surface area contributed by atoms with E-state index in [1.807, 2.05) is 42.5 Å². The second kappa shape index (κ2) is 6.33. The Kier molecular flexibility index (Phi) is 3.78. The highest BCUT2D eigenvalue weighted by Gasteiger charge is 2.38. The molecule has 2 N–H and O–H groups in total. The molecule has 134 valence electrons. The Morgan fingerprint density at radius 2 is 1.86 bits per heavy atom. The topological polar surface area (TPSA) is 49.3 Å². The molecule has 0 fully saturated rings. The Morgan fingerprint density at radius 3 is 2.68 bits per heavy atom. The molecule has 4 heteroatoms. The second-order valence-corrected chi connectivity index (χ2v) is 7.88. The number of terminal acetylenes is 1. The molecule has 1 aliphatic carbocycles. The van der Waals surface area contributed by atoms with Crippen LogP contribution in [0.15, 0.2) is 77.2 Å². The van der Waals surface area contributed by atoms with Crippen molar-refractivity contribution in [1.29, 1.82) is 0 Å². The number of carbonyl (C=O) groups excluding carboxylic acids is 1. The number of thioether (sulfide) groups is 1. The highest BCUT2D eigenvalue weighted by molar-refractivity contribution is 8.00. The normalized spacial score (nSPS) is 17.1. The lowest BCUT2D eigenvalue weighted by Crippen LogP contribution is -2.07. The molecule has 0 saturated heterocycles. The highest BCUT2D eigenvalue weighted by atomic mass is 32.2. The van der Waals surface area contributed by atoms with Gasteiger partial charge in [-0.2, -0.15) is 0 Å². The van der Waals surface area contributed by atoms with E-state index >= 15 is 0 Å². The van der Waals surface area contributed by atoms with Crippen molar-refractivity contribution in [2.75, 3.05) is 5.32 Å². The number of aromatic hydroxyl groups is 1. The second-order valence-electron chi connectivity index (χ2n) is 6.74. The summed E-state index contributed by atoms with van der Waals surface area (Å²) in [5, 5.41) is 13.3. The van der Waals surface area contributed by atoms with Crippen LogP contribution in [0.1, 0.15) is 32.3 Å². The van der Waals surface area contributed by atoms with E-state index in [4.69, 9.17) is 6.42 Å². The van der Waals surface area contributed by atoms with Crippen molar-refractivity contribution in [3.05, 3.63) is 94.6 Å². The van der Waals surface area contributed by atoms with Gasteiger partial charge < -0.3 is 10.4 Å². The Labute approximate surface area is 167 Å². The summed E-state index contributed by atoms with van der Waals surface area (Å²) in [7, 11) is 0. The molecule has 0 bridgehead atoms. The predicted octanol–water partition coefficient (Wildman–Crippen LogP) is 5.24. The number of benzene rings is 3. The van der Waals surface area contributed by atoms with Gasteiger partial charge in [0.05, 0.1) is 16.6 Å². The molecule has 28 heavy (non-hydrogen) atoms. The first-order valence-electron chi connectivity index (χ1n) is 8.87. The van der Waals surface area contributed by atoms with E-state index in [1.165, 1.54) is 0 Å². The number of para-hydroxylation sites is 1. The van der Waals surface area contributed by atoms with Crippen LogP contribution in [0.2, 0.25) is 0 Å². The summed E-state index contributed by atoms with van der Waals surface area (Å²) < 4.78 is 0. The van der Waals surface area contributed by atoms with Gasteiger partial charge in [0.15, 0.2) is 5.78 Å². The quantitative estimate of drug-likeness (QED) is 0.566. The number of carbonyl (C=O) groups is 1. The van der Waals surface area contributed by atoms with E-state index in [2.05, 4.69) is 11.2 Å². The molecule has 3 aromatic carbocycles. The lowest BCUT2D eigenvalue weighted by Gasteiger charge is -2.17. The highest BCUT2D eigenvalue weighted by Crippen LogP contribution is 2.52. The minimum atomic E-state index is -0.243. The predicted molar refractivity (Wildman–Crippen MR) is 112 cm³/mol. The van der Waals surface area contributed by atoms with Gasteiger partial charge in [-0.1, -0.05) is 36.3 Å². The number of fused-ring (bicyclic) bond motifs is 3. The smallest absolute Gasteiger partial charge is 0.193 e.